The normalized spacial score (nSPS) is 13.9. The number of aromatic nitrogens is 1. The van der Waals surface area contributed by atoms with E-state index in [4.69, 9.17) is 0 Å². The molecular formula is C8H9N3. The van der Waals surface area contributed by atoms with Crippen molar-refractivity contribution in [1.82, 2.24) is 4.98 Å². The van der Waals surface area contributed by atoms with Crippen LogP contribution in [-0.4, -0.2) is 17.7 Å². The molecule has 0 unspecified atom stereocenters. The average molecular weight is 147 g/mol. The summed E-state index contributed by atoms with van der Waals surface area (Å²) < 4.78 is 0. The van der Waals surface area contributed by atoms with Crippen LogP contribution in [0.15, 0.2) is 17.3 Å². The molecule has 0 amide bonds. The van der Waals surface area contributed by atoms with Crippen LogP contribution in [0.3, 0.4) is 0 Å². The molecule has 0 saturated carbocycles. The molecule has 3 heteroatoms. The molecule has 1 aliphatic heterocycles. The molecule has 0 bridgehead atoms. The second-order valence-electron chi connectivity index (χ2n) is 2.58. The predicted octanol–water partition coefficient (Wildman–Crippen LogP) is 1.52. The minimum absolute atomic E-state index is 0.793. The van der Waals surface area contributed by atoms with Crippen molar-refractivity contribution in [2.75, 3.05) is 11.9 Å². The number of anilines is 1. The fourth-order valence-electron chi connectivity index (χ4n) is 1.08. The molecule has 0 saturated heterocycles. The van der Waals surface area contributed by atoms with Crippen LogP contribution in [0.25, 0.3) is 0 Å². The maximum Gasteiger partial charge on any atom is 0.175 e. The summed E-state index contributed by atoms with van der Waals surface area (Å²) >= 11 is 0. The Morgan fingerprint density at radius 1 is 1.55 bits per heavy atom. The van der Waals surface area contributed by atoms with Crippen LogP contribution in [0.4, 0.5) is 11.5 Å². The second-order valence-corrected chi connectivity index (χ2v) is 2.58. The van der Waals surface area contributed by atoms with Gasteiger partial charge in [0.15, 0.2) is 5.82 Å². The SMILES string of the molecule is Cc1cnc2c(c1)NCC=N2. The lowest BCUT2D eigenvalue weighted by Gasteiger charge is -2.10. The van der Waals surface area contributed by atoms with E-state index in [9.17, 15) is 0 Å². The summed E-state index contributed by atoms with van der Waals surface area (Å²) in [5.41, 5.74) is 2.20. The molecule has 1 aromatic rings. The number of aryl methyl sites for hydroxylation is 1. The van der Waals surface area contributed by atoms with Crippen molar-refractivity contribution in [2.45, 2.75) is 6.92 Å². The van der Waals surface area contributed by atoms with Gasteiger partial charge in [-0.05, 0) is 18.6 Å². The van der Waals surface area contributed by atoms with Crippen molar-refractivity contribution in [3.63, 3.8) is 0 Å². The van der Waals surface area contributed by atoms with Gasteiger partial charge in [-0.15, -0.1) is 0 Å². The number of hydrogen-bond acceptors (Lipinski definition) is 3. The Balaban J connectivity index is 2.53. The first-order valence-corrected chi connectivity index (χ1v) is 3.59. The third-order valence-electron chi connectivity index (χ3n) is 1.60. The van der Waals surface area contributed by atoms with Crippen LogP contribution in [-0.2, 0) is 0 Å². The molecule has 0 atom stereocenters. The van der Waals surface area contributed by atoms with Crippen molar-refractivity contribution >= 4 is 17.7 Å². The van der Waals surface area contributed by atoms with Gasteiger partial charge in [0.2, 0.25) is 0 Å². The Morgan fingerprint density at radius 2 is 2.45 bits per heavy atom. The van der Waals surface area contributed by atoms with Gasteiger partial charge in [-0.25, -0.2) is 9.98 Å². The van der Waals surface area contributed by atoms with Gasteiger partial charge in [0, 0.05) is 12.4 Å². The molecule has 0 aromatic carbocycles. The van der Waals surface area contributed by atoms with Gasteiger partial charge in [-0.3, -0.25) is 0 Å². The van der Waals surface area contributed by atoms with E-state index < -0.39 is 0 Å². The molecule has 1 N–H and O–H groups in total. The van der Waals surface area contributed by atoms with Gasteiger partial charge < -0.3 is 5.32 Å². The second kappa shape index (κ2) is 2.34. The lowest BCUT2D eigenvalue weighted by Crippen LogP contribution is -2.07. The molecule has 0 aliphatic carbocycles. The van der Waals surface area contributed by atoms with Crippen molar-refractivity contribution in [3.05, 3.63) is 17.8 Å². The van der Waals surface area contributed by atoms with Crippen molar-refractivity contribution < 1.29 is 0 Å². The van der Waals surface area contributed by atoms with Crippen LogP contribution in [0.5, 0.6) is 0 Å². The van der Waals surface area contributed by atoms with E-state index in [1.165, 1.54) is 0 Å². The Labute approximate surface area is 65.2 Å². The highest BCUT2D eigenvalue weighted by molar-refractivity contribution is 5.78. The number of nitrogens with zero attached hydrogens (tertiary/aromatic N) is 2. The summed E-state index contributed by atoms with van der Waals surface area (Å²) in [5, 5.41) is 3.19. The first-order valence-electron chi connectivity index (χ1n) is 3.59. The molecule has 1 aromatic heterocycles. The lowest BCUT2D eigenvalue weighted by atomic mass is 10.2. The lowest BCUT2D eigenvalue weighted by molar-refractivity contribution is 1.19. The van der Waals surface area contributed by atoms with Crippen LogP contribution in [0.2, 0.25) is 0 Å². The van der Waals surface area contributed by atoms with Gasteiger partial charge in [-0.2, -0.15) is 0 Å². The van der Waals surface area contributed by atoms with E-state index in [1.807, 2.05) is 19.3 Å². The summed E-state index contributed by atoms with van der Waals surface area (Å²) in [4.78, 5) is 8.29. The van der Waals surface area contributed by atoms with Gasteiger partial charge in [-0.1, -0.05) is 0 Å². The van der Waals surface area contributed by atoms with E-state index in [0.29, 0.717) is 0 Å². The van der Waals surface area contributed by atoms with Crippen LogP contribution in [0.1, 0.15) is 5.56 Å². The van der Waals surface area contributed by atoms with Gasteiger partial charge in [0.25, 0.3) is 0 Å². The molecule has 3 nitrogen and oxygen atoms in total. The maximum absolute atomic E-state index is 4.16. The van der Waals surface area contributed by atoms with Crippen LogP contribution < -0.4 is 5.32 Å². The van der Waals surface area contributed by atoms with E-state index >= 15 is 0 Å². The highest BCUT2D eigenvalue weighted by Gasteiger charge is 2.04. The van der Waals surface area contributed by atoms with Crippen molar-refractivity contribution in [3.8, 4) is 0 Å². The first-order chi connectivity index (χ1) is 5.36. The zero-order chi connectivity index (χ0) is 7.68. The number of rotatable bonds is 0. The van der Waals surface area contributed by atoms with Gasteiger partial charge >= 0.3 is 0 Å². The summed E-state index contributed by atoms with van der Waals surface area (Å²) in [6.07, 6.45) is 3.65. The predicted molar refractivity (Wildman–Crippen MR) is 45.6 cm³/mol. The average Bonchev–Trinajstić information content (AvgIpc) is 2.04. The summed E-state index contributed by atoms with van der Waals surface area (Å²) in [5.74, 6) is 0.793. The minimum Gasteiger partial charge on any atom is -0.377 e. The molecule has 2 rings (SSSR count). The molecule has 56 valence electrons. The number of pyridine rings is 1. The van der Waals surface area contributed by atoms with Crippen molar-refractivity contribution in [2.24, 2.45) is 4.99 Å². The third kappa shape index (κ3) is 1.09. The topological polar surface area (TPSA) is 37.3 Å². The summed E-state index contributed by atoms with van der Waals surface area (Å²) in [7, 11) is 0. The smallest absolute Gasteiger partial charge is 0.175 e. The monoisotopic (exact) mass is 147 g/mol. The molecule has 11 heavy (non-hydrogen) atoms. The number of aliphatic imine (C=N–C) groups is 1. The Bertz CT molecular complexity index is 304. The Kier molecular flexibility index (Phi) is 1.35. The minimum atomic E-state index is 0.793. The number of fused-ring (bicyclic) bond motifs is 1. The van der Waals surface area contributed by atoms with Gasteiger partial charge in [0.1, 0.15) is 0 Å². The standard InChI is InChI=1S/C8H9N3/c1-6-4-7-8(11-5-6)10-3-2-9-7/h3-5,9H,2H2,1H3. The Morgan fingerprint density at radius 3 is 3.36 bits per heavy atom. The fraction of sp³-hybridized carbons (Fsp3) is 0.250. The Hall–Kier alpha value is -1.38. The number of nitrogens with one attached hydrogen (secondary N) is 1. The summed E-state index contributed by atoms with van der Waals surface area (Å²) in [6.45, 7) is 2.82. The van der Waals surface area contributed by atoms with E-state index in [2.05, 4.69) is 21.4 Å². The quantitative estimate of drug-likeness (QED) is 0.604. The molecule has 0 spiro atoms. The van der Waals surface area contributed by atoms with E-state index in [1.54, 1.807) is 0 Å². The van der Waals surface area contributed by atoms with E-state index in [-0.39, 0.29) is 0 Å². The molecule has 2 heterocycles. The zero-order valence-corrected chi connectivity index (χ0v) is 6.33. The third-order valence-corrected chi connectivity index (χ3v) is 1.60. The number of hydrogen-bond donors (Lipinski definition) is 1. The highest BCUT2D eigenvalue weighted by Crippen LogP contribution is 2.23. The highest BCUT2D eigenvalue weighted by atomic mass is 15.0. The fourth-order valence-corrected chi connectivity index (χ4v) is 1.08. The zero-order valence-electron chi connectivity index (χ0n) is 6.33. The van der Waals surface area contributed by atoms with E-state index in [0.717, 1.165) is 23.6 Å². The van der Waals surface area contributed by atoms with Crippen LogP contribution >= 0.6 is 0 Å². The molecule has 0 radical (unpaired) electrons. The van der Waals surface area contributed by atoms with Crippen LogP contribution in [0, 0.1) is 6.92 Å². The first kappa shape index (κ1) is 6.34. The summed E-state index contributed by atoms with van der Waals surface area (Å²) in [6, 6.07) is 2.05. The molecule has 1 aliphatic rings. The maximum atomic E-state index is 4.16. The molecular weight excluding hydrogens is 138 g/mol. The van der Waals surface area contributed by atoms with Crippen molar-refractivity contribution in [1.29, 1.82) is 0 Å². The van der Waals surface area contributed by atoms with Gasteiger partial charge in [0.05, 0.1) is 12.2 Å². The largest absolute Gasteiger partial charge is 0.377 e. The molecule has 0 fully saturated rings.